The van der Waals surface area contributed by atoms with E-state index in [1.165, 1.54) is 0 Å². The molecule has 3 rings (SSSR count). The highest BCUT2D eigenvalue weighted by Crippen LogP contribution is 2.23. The minimum atomic E-state index is 0.275. The average molecular weight is 306 g/mol. The number of anilines is 2. The van der Waals surface area contributed by atoms with Gasteiger partial charge >= 0.3 is 0 Å². The van der Waals surface area contributed by atoms with Crippen molar-refractivity contribution in [3.05, 3.63) is 46.9 Å². The maximum absolute atomic E-state index is 5.82. The van der Waals surface area contributed by atoms with Gasteiger partial charge in [-0.25, -0.2) is 15.0 Å². The molecule has 0 atom stereocenters. The van der Waals surface area contributed by atoms with Gasteiger partial charge < -0.3 is 16.8 Å². The summed E-state index contributed by atoms with van der Waals surface area (Å²) in [6, 6.07) is 3.57. The Kier molecular flexibility index (Phi) is 4.22. The zero-order chi connectivity index (χ0) is 16.2. The van der Waals surface area contributed by atoms with Crippen molar-refractivity contribution in [2.45, 2.75) is 13.3 Å². The number of nitrogens with two attached hydrogens (primary N) is 2. The lowest BCUT2D eigenvalue weighted by molar-refractivity contribution is 0.736. The van der Waals surface area contributed by atoms with E-state index < -0.39 is 0 Å². The zero-order valence-corrected chi connectivity index (χ0v) is 12.9. The third kappa shape index (κ3) is 3.47. The highest BCUT2D eigenvalue weighted by Gasteiger charge is 2.14. The number of hydrogen-bond donors (Lipinski definition) is 3. The van der Waals surface area contributed by atoms with Crippen molar-refractivity contribution in [1.29, 1.82) is 0 Å². The molecule has 0 saturated carbocycles. The Morgan fingerprint density at radius 1 is 1.17 bits per heavy atom. The van der Waals surface area contributed by atoms with E-state index in [9.17, 15) is 0 Å². The molecule has 0 amide bonds. The van der Waals surface area contributed by atoms with Crippen molar-refractivity contribution in [3.8, 4) is 11.8 Å². The number of rotatable bonds is 1. The lowest BCUT2D eigenvalue weighted by atomic mass is 10.00. The fourth-order valence-electron chi connectivity index (χ4n) is 2.43. The third-order valence-corrected chi connectivity index (χ3v) is 3.59. The summed E-state index contributed by atoms with van der Waals surface area (Å²) >= 11 is 0. The first-order valence-corrected chi connectivity index (χ1v) is 7.41. The molecule has 0 radical (unpaired) electrons. The van der Waals surface area contributed by atoms with Crippen LogP contribution in [0.5, 0.6) is 0 Å². The van der Waals surface area contributed by atoms with Crippen molar-refractivity contribution >= 4 is 17.3 Å². The van der Waals surface area contributed by atoms with Crippen molar-refractivity contribution in [2.75, 3.05) is 24.6 Å². The molecule has 0 fully saturated rings. The van der Waals surface area contributed by atoms with Crippen LogP contribution in [0.15, 0.2) is 24.4 Å². The van der Waals surface area contributed by atoms with Crippen LogP contribution >= 0.6 is 0 Å². The molecule has 23 heavy (non-hydrogen) atoms. The number of nitrogens with one attached hydrogen (secondary N) is 1. The number of nitrogens with zero attached hydrogens (tertiary/aromatic N) is 3. The highest BCUT2D eigenvalue weighted by atomic mass is 15.0. The summed E-state index contributed by atoms with van der Waals surface area (Å²) in [7, 11) is 0. The predicted octanol–water partition coefficient (Wildman–Crippen LogP) is 1.12. The fraction of sp³-hybridized carbons (Fsp3) is 0.235. The minimum absolute atomic E-state index is 0.275. The van der Waals surface area contributed by atoms with Gasteiger partial charge in [0.2, 0.25) is 5.95 Å². The third-order valence-electron chi connectivity index (χ3n) is 3.59. The summed E-state index contributed by atoms with van der Waals surface area (Å²) in [5, 5.41) is 3.29. The minimum Gasteiger partial charge on any atom is -0.384 e. The molecule has 1 aliphatic heterocycles. The van der Waals surface area contributed by atoms with Crippen LogP contribution in [0, 0.1) is 18.8 Å². The second kappa shape index (κ2) is 6.46. The Hall–Kier alpha value is -2.91. The van der Waals surface area contributed by atoms with E-state index in [1.807, 2.05) is 13.0 Å². The van der Waals surface area contributed by atoms with E-state index in [4.69, 9.17) is 11.5 Å². The molecule has 6 heteroatoms. The Morgan fingerprint density at radius 3 is 2.74 bits per heavy atom. The van der Waals surface area contributed by atoms with E-state index >= 15 is 0 Å². The van der Waals surface area contributed by atoms with Crippen LogP contribution in [0.2, 0.25) is 0 Å². The molecular formula is C17H18N6. The molecule has 5 N–H and O–H groups in total. The Labute approximate surface area is 135 Å². The fourth-order valence-corrected chi connectivity index (χ4v) is 2.43. The first kappa shape index (κ1) is 15.0. The van der Waals surface area contributed by atoms with Gasteiger partial charge in [-0.3, -0.25) is 0 Å². The molecule has 0 unspecified atom stereocenters. The summed E-state index contributed by atoms with van der Waals surface area (Å²) in [5.74, 6) is 7.02. The topological polar surface area (TPSA) is 103 Å². The summed E-state index contributed by atoms with van der Waals surface area (Å²) < 4.78 is 0. The quantitative estimate of drug-likeness (QED) is 0.682. The molecule has 0 aromatic carbocycles. The lowest BCUT2D eigenvalue weighted by Crippen LogP contribution is -2.21. The second-order valence-electron chi connectivity index (χ2n) is 5.30. The SMILES string of the molecule is Cc1nc(N)nc(C2=CCNCC2)c1C#Cc1ccc(N)nc1. The summed E-state index contributed by atoms with van der Waals surface area (Å²) in [6.45, 7) is 3.64. The predicted molar refractivity (Wildman–Crippen MR) is 91.3 cm³/mol. The smallest absolute Gasteiger partial charge is 0.220 e. The molecule has 3 heterocycles. The number of pyridine rings is 1. The van der Waals surface area contributed by atoms with Crippen LogP contribution in [0.4, 0.5) is 11.8 Å². The van der Waals surface area contributed by atoms with Crippen molar-refractivity contribution in [2.24, 2.45) is 0 Å². The van der Waals surface area contributed by atoms with Gasteiger partial charge in [0.25, 0.3) is 0 Å². The monoisotopic (exact) mass is 306 g/mol. The zero-order valence-electron chi connectivity index (χ0n) is 12.9. The maximum Gasteiger partial charge on any atom is 0.220 e. The van der Waals surface area contributed by atoms with Crippen LogP contribution in [0.1, 0.15) is 28.9 Å². The summed E-state index contributed by atoms with van der Waals surface area (Å²) in [5.41, 5.74) is 15.8. The Balaban J connectivity index is 2.04. The van der Waals surface area contributed by atoms with Gasteiger partial charge in [0.05, 0.1) is 17.0 Å². The molecular weight excluding hydrogens is 288 g/mol. The molecule has 0 saturated heterocycles. The normalized spacial score (nSPS) is 13.9. The number of aromatic nitrogens is 3. The largest absolute Gasteiger partial charge is 0.384 e. The molecule has 0 bridgehead atoms. The standard InChI is InChI=1S/C17H18N6/c1-11-14(4-2-12-3-5-15(18)21-10-12)16(23-17(19)22-11)13-6-8-20-9-7-13/h3,5-6,10,20H,7-9H2,1H3,(H2,18,21)(H2,19,22,23). The van der Waals surface area contributed by atoms with Crippen molar-refractivity contribution in [3.63, 3.8) is 0 Å². The van der Waals surface area contributed by atoms with Gasteiger partial charge in [-0.2, -0.15) is 0 Å². The molecule has 116 valence electrons. The van der Waals surface area contributed by atoms with Crippen LogP contribution in [-0.2, 0) is 0 Å². The molecule has 2 aromatic heterocycles. The van der Waals surface area contributed by atoms with Gasteiger partial charge in [0.1, 0.15) is 5.82 Å². The van der Waals surface area contributed by atoms with Gasteiger partial charge in [0.15, 0.2) is 0 Å². The molecule has 2 aromatic rings. The van der Waals surface area contributed by atoms with Crippen molar-refractivity contribution < 1.29 is 0 Å². The summed E-state index contributed by atoms with van der Waals surface area (Å²) in [4.78, 5) is 12.7. The highest BCUT2D eigenvalue weighted by molar-refractivity contribution is 5.71. The second-order valence-corrected chi connectivity index (χ2v) is 5.30. The Bertz CT molecular complexity index is 811. The Morgan fingerprint density at radius 2 is 2.04 bits per heavy atom. The average Bonchev–Trinajstić information content (AvgIpc) is 2.56. The lowest BCUT2D eigenvalue weighted by Gasteiger charge is -2.15. The van der Waals surface area contributed by atoms with Gasteiger partial charge in [0, 0.05) is 18.3 Å². The summed E-state index contributed by atoms with van der Waals surface area (Å²) in [6.07, 6.45) is 4.67. The first-order chi connectivity index (χ1) is 11.1. The van der Waals surface area contributed by atoms with Crippen LogP contribution in [0.3, 0.4) is 0 Å². The molecule has 1 aliphatic rings. The van der Waals surface area contributed by atoms with Gasteiger partial charge in [-0.05, 0) is 37.6 Å². The first-order valence-electron chi connectivity index (χ1n) is 7.41. The van der Waals surface area contributed by atoms with E-state index in [0.29, 0.717) is 5.82 Å². The van der Waals surface area contributed by atoms with E-state index in [1.54, 1.807) is 12.3 Å². The maximum atomic E-state index is 5.82. The number of hydrogen-bond acceptors (Lipinski definition) is 6. The van der Waals surface area contributed by atoms with Crippen LogP contribution in [0.25, 0.3) is 5.57 Å². The van der Waals surface area contributed by atoms with Crippen molar-refractivity contribution in [1.82, 2.24) is 20.3 Å². The van der Waals surface area contributed by atoms with Crippen LogP contribution in [-0.4, -0.2) is 28.0 Å². The molecule has 0 aliphatic carbocycles. The number of aryl methyl sites for hydroxylation is 1. The van der Waals surface area contributed by atoms with Gasteiger partial charge in [-0.1, -0.05) is 17.9 Å². The van der Waals surface area contributed by atoms with Crippen LogP contribution < -0.4 is 16.8 Å². The van der Waals surface area contributed by atoms with E-state index in [-0.39, 0.29) is 5.95 Å². The molecule has 6 nitrogen and oxygen atoms in total. The number of nitrogen functional groups attached to an aromatic ring is 2. The van der Waals surface area contributed by atoms with Gasteiger partial charge in [-0.15, -0.1) is 0 Å². The molecule has 0 spiro atoms. The van der Waals surface area contributed by atoms with E-state index in [0.717, 1.165) is 47.6 Å². The van der Waals surface area contributed by atoms with E-state index in [2.05, 4.69) is 38.2 Å².